The summed E-state index contributed by atoms with van der Waals surface area (Å²) < 4.78 is 5.83. The molecule has 4 rings (SSSR count). The Kier molecular flexibility index (Phi) is 4.37. The number of carbonyl (C=O) groups excluding carboxylic acids is 1. The van der Waals surface area contributed by atoms with E-state index in [0.29, 0.717) is 12.5 Å². The highest BCUT2D eigenvalue weighted by Crippen LogP contribution is 2.42. The highest BCUT2D eigenvalue weighted by atomic mass is 16.5. The summed E-state index contributed by atoms with van der Waals surface area (Å²) in [6.45, 7) is 0.409. The van der Waals surface area contributed by atoms with Gasteiger partial charge in [-0.3, -0.25) is 9.78 Å². The molecule has 1 aliphatic rings. The first-order valence-electron chi connectivity index (χ1n) is 8.70. The van der Waals surface area contributed by atoms with E-state index in [-0.39, 0.29) is 12.5 Å². The summed E-state index contributed by atoms with van der Waals surface area (Å²) in [4.78, 5) is 19.6. The van der Waals surface area contributed by atoms with E-state index in [2.05, 4.69) is 21.5 Å². The second-order valence-electron chi connectivity index (χ2n) is 6.44. The molecule has 0 unspecified atom stereocenters. The van der Waals surface area contributed by atoms with Crippen LogP contribution < -0.4 is 10.1 Å². The van der Waals surface area contributed by atoms with Crippen LogP contribution in [0.25, 0.3) is 10.9 Å². The van der Waals surface area contributed by atoms with Crippen molar-refractivity contribution in [1.29, 1.82) is 0 Å². The molecule has 0 bridgehead atoms. The topological polar surface area (TPSA) is 67.0 Å². The third-order valence-electron chi connectivity index (χ3n) is 4.79. The molecule has 0 aliphatic heterocycles. The van der Waals surface area contributed by atoms with Crippen LogP contribution in [0.5, 0.6) is 5.75 Å². The molecule has 25 heavy (non-hydrogen) atoms. The van der Waals surface area contributed by atoms with Crippen molar-refractivity contribution in [3.8, 4) is 5.75 Å². The number of hydrogen-bond donors (Lipinski definition) is 2. The number of pyridine rings is 1. The van der Waals surface area contributed by atoms with Gasteiger partial charge in [0.2, 0.25) is 0 Å². The molecule has 1 fully saturated rings. The predicted molar refractivity (Wildman–Crippen MR) is 96.5 cm³/mol. The highest BCUT2D eigenvalue weighted by Gasteiger charge is 2.24. The van der Waals surface area contributed by atoms with Gasteiger partial charge in [0.1, 0.15) is 5.75 Å². The highest BCUT2D eigenvalue weighted by molar-refractivity contribution is 5.90. The molecule has 0 radical (unpaired) electrons. The largest absolute Gasteiger partial charge is 0.483 e. The molecule has 128 valence electrons. The van der Waals surface area contributed by atoms with Crippen molar-refractivity contribution in [3.05, 3.63) is 60.0 Å². The summed E-state index contributed by atoms with van der Waals surface area (Å²) in [6.07, 6.45) is 7.54. The molecule has 5 nitrogen and oxygen atoms in total. The van der Waals surface area contributed by atoms with Crippen molar-refractivity contribution >= 4 is 16.8 Å². The van der Waals surface area contributed by atoms with Gasteiger partial charge in [-0.1, -0.05) is 18.6 Å². The van der Waals surface area contributed by atoms with Gasteiger partial charge < -0.3 is 15.0 Å². The Bertz CT molecular complexity index is 869. The van der Waals surface area contributed by atoms with Crippen molar-refractivity contribution < 1.29 is 9.53 Å². The second-order valence-corrected chi connectivity index (χ2v) is 6.44. The first-order chi connectivity index (χ1) is 12.3. The first-order valence-corrected chi connectivity index (χ1v) is 8.70. The predicted octanol–water partition coefficient (Wildman–Crippen LogP) is 3.53. The summed E-state index contributed by atoms with van der Waals surface area (Å²) in [5.74, 6) is 1.23. The van der Waals surface area contributed by atoms with Crippen LogP contribution in [0.4, 0.5) is 0 Å². The van der Waals surface area contributed by atoms with Gasteiger partial charge in [0, 0.05) is 23.3 Å². The fraction of sp³-hybridized carbons (Fsp3) is 0.300. The van der Waals surface area contributed by atoms with E-state index in [1.807, 2.05) is 36.4 Å². The van der Waals surface area contributed by atoms with Gasteiger partial charge in [0.15, 0.2) is 6.61 Å². The lowest BCUT2D eigenvalue weighted by Crippen LogP contribution is -2.28. The number of amides is 1. The van der Waals surface area contributed by atoms with Crippen molar-refractivity contribution in [2.75, 3.05) is 6.61 Å². The molecule has 3 aromatic rings. The Morgan fingerprint density at radius 3 is 2.92 bits per heavy atom. The van der Waals surface area contributed by atoms with Gasteiger partial charge in [0.05, 0.1) is 12.2 Å². The Balaban J connectivity index is 1.42. The number of hydrogen-bond acceptors (Lipinski definition) is 3. The molecule has 0 saturated heterocycles. The van der Waals surface area contributed by atoms with Crippen molar-refractivity contribution in [2.45, 2.75) is 31.7 Å². The van der Waals surface area contributed by atoms with Gasteiger partial charge in [-0.15, -0.1) is 0 Å². The normalized spacial score (nSPS) is 14.2. The zero-order valence-electron chi connectivity index (χ0n) is 14.0. The molecular formula is C20H21N3O2. The van der Waals surface area contributed by atoms with Crippen molar-refractivity contribution in [3.63, 3.8) is 0 Å². The Morgan fingerprint density at radius 2 is 2.16 bits per heavy atom. The van der Waals surface area contributed by atoms with Crippen molar-refractivity contribution in [1.82, 2.24) is 15.3 Å². The third kappa shape index (κ3) is 3.36. The van der Waals surface area contributed by atoms with Crippen LogP contribution in [-0.2, 0) is 11.3 Å². The number of ether oxygens (including phenoxy) is 1. The first kappa shape index (κ1) is 15.7. The monoisotopic (exact) mass is 335 g/mol. The molecule has 2 aromatic heterocycles. The van der Waals surface area contributed by atoms with Crippen LogP contribution in [-0.4, -0.2) is 22.5 Å². The number of H-pyrrole nitrogens is 1. The molecule has 1 amide bonds. The lowest BCUT2D eigenvalue weighted by atomic mass is 9.80. The maximum absolute atomic E-state index is 12.1. The maximum Gasteiger partial charge on any atom is 0.258 e. The number of aromatic amines is 1. The van der Waals surface area contributed by atoms with Crippen LogP contribution in [0.15, 0.2) is 48.8 Å². The Labute approximate surface area is 146 Å². The molecule has 2 heterocycles. The summed E-state index contributed by atoms with van der Waals surface area (Å²) >= 11 is 0. The average molecular weight is 335 g/mol. The number of carbonyl (C=O) groups is 1. The van der Waals surface area contributed by atoms with Crippen LogP contribution >= 0.6 is 0 Å². The van der Waals surface area contributed by atoms with Crippen molar-refractivity contribution in [2.24, 2.45) is 0 Å². The molecule has 1 aliphatic carbocycles. The number of rotatable bonds is 6. The third-order valence-corrected chi connectivity index (χ3v) is 4.79. The SMILES string of the molecule is O=C(COc1cccc2[nH]cc(C3CCC3)c12)NCc1ccccn1. The van der Waals surface area contributed by atoms with E-state index < -0.39 is 0 Å². The number of benzene rings is 1. The smallest absolute Gasteiger partial charge is 0.258 e. The molecular weight excluding hydrogens is 314 g/mol. The van der Waals surface area contributed by atoms with E-state index in [4.69, 9.17) is 4.74 Å². The van der Waals surface area contributed by atoms with E-state index in [9.17, 15) is 4.79 Å². The molecule has 1 saturated carbocycles. The van der Waals surface area contributed by atoms with E-state index in [0.717, 1.165) is 22.3 Å². The lowest BCUT2D eigenvalue weighted by molar-refractivity contribution is -0.123. The number of nitrogens with one attached hydrogen (secondary N) is 2. The minimum atomic E-state index is -0.150. The second kappa shape index (κ2) is 6.97. The van der Waals surface area contributed by atoms with Gasteiger partial charge in [-0.2, -0.15) is 0 Å². The van der Waals surface area contributed by atoms with E-state index in [1.54, 1.807) is 6.20 Å². The summed E-state index contributed by atoms with van der Waals surface area (Å²) in [5.41, 5.74) is 3.20. The zero-order chi connectivity index (χ0) is 17.1. The summed E-state index contributed by atoms with van der Waals surface area (Å²) in [7, 11) is 0. The van der Waals surface area contributed by atoms with Gasteiger partial charge in [0.25, 0.3) is 5.91 Å². The fourth-order valence-corrected chi connectivity index (χ4v) is 3.22. The van der Waals surface area contributed by atoms with Gasteiger partial charge in [-0.25, -0.2) is 0 Å². The Hall–Kier alpha value is -2.82. The molecule has 0 atom stereocenters. The van der Waals surface area contributed by atoms with Crippen LogP contribution in [0, 0.1) is 0 Å². The minimum Gasteiger partial charge on any atom is -0.483 e. The van der Waals surface area contributed by atoms with Gasteiger partial charge in [-0.05, 0) is 48.6 Å². The maximum atomic E-state index is 12.1. The molecule has 2 N–H and O–H groups in total. The quantitative estimate of drug-likeness (QED) is 0.724. The number of fused-ring (bicyclic) bond motifs is 1. The Morgan fingerprint density at radius 1 is 1.24 bits per heavy atom. The van der Waals surface area contributed by atoms with Crippen LogP contribution in [0.3, 0.4) is 0 Å². The molecule has 1 aromatic carbocycles. The molecule has 0 spiro atoms. The summed E-state index contributed by atoms with van der Waals surface area (Å²) in [6, 6.07) is 11.6. The van der Waals surface area contributed by atoms with Crippen LogP contribution in [0.2, 0.25) is 0 Å². The standard InChI is InChI=1S/C20H21N3O2/c24-19(23-11-15-7-1-2-10-21-15)13-25-18-9-4-8-17-20(18)16(12-22-17)14-5-3-6-14/h1-2,4,7-10,12,14,22H,3,5-6,11,13H2,(H,23,24). The fourth-order valence-electron chi connectivity index (χ4n) is 3.22. The zero-order valence-corrected chi connectivity index (χ0v) is 14.0. The molecule has 5 heteroatoms. The van der Waals surface area contributed by atoms with E-state index in [1.165, 1.54) is 24.8 Å². The lowest BCUT2D eigenvalue weighted by Gasteiger charge is -2.25. The average Bonchev–Trinajstić information content (AvgIpc) is 3.02. The summed E-state index contributed by atoms with van der Waals surface area (Å²) in [5, 5.41) is 3.95. The van der Waals surface area contributed by atoms with Gasteiger partial charge >= 0.3 is 0 Å². The van der Waals surface area contributed by atoms with Crippen LogP contribution in [0.1, 0.15) is 36.4 Å². The number of aromatic nitrogens is 2. The minimum absolute atomic E-state index is 0.00122. The van der Waals surface area contributed by atoms with E-state index >= 15 is 0 Å². The number of nitrogens with zero attached hydrogens (tertiary/aromatic N) is 1.